The maximum Gasteiger partial charge on any atom is 0.122 e. The number of nitrogens with one attached hydrogen (secondary N) is 1. The first-order valence-electron chi connectivity index (χ1n) is 7.56. The van der Waals surface area contributed by atoms with E-state index in [0.717, 1.165) is 29.8 Å². The van der Waals surface area contributed by atoms with Crippen molar-refractivity contribution < 1.29 is 9.13 Å². The van der Waals surface area contributed by atoms with Gasteiger partial charge in [0.05, 0.1) is 7.11 Å². The largest absolute Gasteiger partial charge is 0.496 e. The number of methoxy groups -OCH3 is 1. The Kier molecular flexibility index (Phi) is 5.03. The third-order valence-corrected chi connectivity index (χ3v) is 4.08. The number of ether oxygens (including phenoxy) is 1. The summed E-state index contributed by atoms with van der Waals surface area (Å²) in [5, 5.41) is 3.43. The van der Waals surface area contributed by atoms with Crippen LogP contribution in [0.3, 0.4) is 0 Å². The average Bonchev–Trinajstić information content (AvgIpc) is 2.39. The predicted octanol–water partition coefficient (Wildman–Crippen LogP) is 3.81. The van der Waals surface area contributed by atoms with Gasteiger partial charge in [-0.15, -0.1) is 0 Å². The molecule has 2 atom stereocenters. The molecule has 20 heavy (non-hydrogen) atoms. The van der Waals surface area contributed by atoms with E-state index in [1.165, 1.54) is 12.8 Å². The van der Waals surface area contributed by atoms with E-state index in [4.69, 9.17) is 4.74 Å². The second kappa shape index (κ2) is 6.57. The lowest BCUT2D eigenvalue weighted by Crippen LogP contribution is -2.40. The molecule has 0 radical (unpaired) electrons. The van der Waals surface area contributed by atoms with Crippen molar-refractivity contribution in [2.24, 2.45) is 0 Å². The summed E-state index contributed by atoms with van der Waals surface area (Å²) in [6.45, 7) is 4.76. The van der Waals surface area contributed by atoms with Crippen LogP contribution in [0, 0.1) is 6.92 Å². The maximum absolute atomic E-state index is 14.9. The molecule has 3 heteroatoms. The van der Waals surface area contributed by atoms with Crippen molar-refractivity contribution in [2.75, 3.05) is 13.7 Å². The minimum Gasteiger partial charge on any atom is -0.496 e. The summed E-state index contributed by atoms with van der Waals surface area (Å²) in [5.74, 6) is 0.788. The van der Waals surface area contributed by atoms with Crippen LogP contribution in [0.5, 0.6) is 5.75 Å². The monoisotopic (exact) mass is 279 g/mol. The van der Waals surface area contributed by atoms with Crippen LogP contribution in [0.4, 0.5) is 4.39 Å². The molecule has 0 aromatic heterocycles. The smallest absolute Gasteiger partial charge is 0.122 e. The van der Waals surface area contributed by atoms with E-state index in [1.807, 2.05) is 25.1 Å². The fourth-order valence-corrected chi connectivity index (χ4v) is 3.13. The van der Waals surface area contributed by atoms with Gasteiger partial charge in [-0.2, -0.15) is 0 Å². The Morgan fingerprint density at radius 3 is 2.85 bits per heavy atom. The van der Waals surface area contributed by atoms with Crippen LogP contribution in [0.1, 0.15) is 43.7 Å². The number of hydrogen-bond donors (Lipinski definition) is 1. The number of benzene rings is 1. The highest BCUT2D eigenvalue weighted by atomic mass is 19.1. The van der Waals surface area contributed by atoms with Crippen molar-refractivity contribution in [1.29, 1.82) is 0 Å². The van der Waals surface area contributed by atoms with E-state index in [9.17, 15) is 4.39 Å². The summed E-state index contributed by atoms with van der Waals surface area (Å²) in [6.07, 6.45) is 4.50. The molecule has 0 bridgehead atoms. The fraction of sp³-hybridized carbons (Fsp3) is 0.647. The molecule has 0 spiro atoms. The van der Waals surface area contributed by atoms with Gasteiger partial charge in [0.2, 0.25) is 0 Å². The van der Waals surface area contributed by atoms with Gasteiger partial charge in [-0.05, 0) is 51.3 Å². The van der Waals surface area contributed by atoms with Gasteiger partial charge >= 0.3 is 0 Å². The summed E-state index contributed by atoms with van der Waals surface area (Å²) in [7, 11) is 1.65. The standard InChI is InChI=1S/C17H26FNO/c1-13-7-8-16(20-3)14(10-13)11-17(2,18)12-15-6-4-5-9-19-15/h7-8,10,15,19H,4-6,9,11-12H2,1-3H3. The SMILES string of the molecule is COc1ccc(C)cc1CC(C)(F)CC1CCCCN1. The summed E-state index contributed by atoms with van der Waals surface area (Å²) < 4.78 is 20.3. The molecule has 1 aromatic carbocycles. The van der Waals surface area contributed by atoms with Gasteiger partial charge in [-0.1, -0.05) is 24.1 Å². The molecule has 1 N–H and O–H groups in total. The lowest BCUT2D eigenvalue weighted by molar-refractivity contribution is 0.144. The molecule has 0 amide bonds. The first-order valence-corrected chi connectivity index (χ1v) is 7.56. The Balaban J connectivity index is 2.04. The zero-order chi connectivity index (χ0) is 14.6. The van der Waals surface area contributed by atoms with Gasteiger partial charge in [-0.25, -0.2) is 4.39 Å². The number of piperidine rings is 1. The van der Waals surface area contributed by atoms with Crippen LogP contribution in [-0.4, -0.2) is 25.4 Å². The molecule has 1 heterocycles. The minimum atomic E-state index is -1.20. The molecule has 0 saturated carbocycles. The van der Waals surface area contributed by atoms with Crippen molar-refractivity contribution >= 4 is 0 Å². The molecule has 1 aromatic rings. The summed E-state index contributed by atoms with van der Waals surface area (Å²) in [4.78, 5) is 0. The van der Waals surface area contributed by atoms with E-state index in [0.29, 0.717) is 18.9 Å². The quantitative estimate of drug-likeness (QED) is 0.885. The van der Waals surface area contributed by atoms with Crippen LogP contribution in [-0.2, 0) is 6.42 Å². The summed E-state index contributed by atoms with van der Waals surface area (Å²) in [6, 6.07) is 6.28. The van der Waals surface area contributed by atoms with Crippen molar-refractivity contribution in [3.8, 4) is 5.75 Å². The van der Waals surface area contributed by atoms with Crippen LogP contribution in [0.15, 0.2) is 18.2 Å². The number of aryl methyl sites for hydroxylation is 1. The highest BCUT2D eigenvalue weighted by Gasteiger charge is 2.29. The van der Waals surface area contributed by atoms with Gasteiger partial charge in [-0.3, -0.25) is 0 Å². The third kappa shape index (κ3) is 4.20. The van der Waals surface area contributed by atoms with Gasteiger partial charge in [0, 0.05) is 12.5 Å². The molecule has 1 saturated heterocycles. The van der Waals surface area contributed by atoms with Crippen LogP contribution < -0.4 is 10.1 Å². The van der Waals surface area contributed by atoms with Gasteiger partial charge in [0.15, 0.2) is 0 Å². The molecule has 1 aliphatic heterocycles. The second-order valence-electron chi connectivity index (χ2n) is 6.26. The Morgan fingerprint density at radius 1 is 1.40 bits per heavy atom. The number of alkyl halides is 1. The van der Waals surface area contributed by atoms with Crippen LogP contribution in [0.25, 0.3) is 0 Å². The van der Waals surface area contributed by atoms with Crippen molar-refractivity contribution in [1.82, 2.24) is 5.32 Å². The van der Waals surface area contributed by atoms with Gasteiger partial charge in [0.1, 0.15) is 11.4 Å². The molecule has 2 rings (SSSR count). The van der Waals surface area contributed by atoms with Crippen molar-refractivity contribution in [3.05, 3.63) is 29.3 Å². The molecule has 0 aliphatic carbocycles. The Hall–Kier alpha value is -1.09. The summed E-state index contributed by atoms with van der Waals surface area (Å²) in [5.41, 5.74) is 0.913. The van der Waals surface area contributed by atoms with E-state index in [-0.39, 0.29) is 0 Å². The molecule has 1 aliphatic rings. The number of hydrogen-bond acceptors (Lipinski definition) is 2. The molecule has 2 nitrogen and oxygen atoms in total. The van der Waals surface area contributed by atoms with Gasteiger partial charge < -0.3 is 10.1 Å². The van der Waals surface area contributed by atoms with Crippen LogP contribution in [0.2, 0.25) is 0 Å². The first kappa shape index (κ1) is 15.3. The molecular formula is C17H26FNO. The Bertz CT molecular complexity index is 439. The zero-order valence-corrected chi connectivity index (χ0v) is 12.8. The average molecular weight is 279 g/mol. The molecule has 1 fully saturated rings. The van der Waals surface area contributed by atoms with E-state index in [2.05, 4.69) is 5.32 Å². The normalized spacial score (nSPS) is 22.3. The lowest BCUT2D eigenvalue weighted by atomic mass is 9.88. The molecule has 112 valence electrons. The highest BCUT2D eigenvalue weighted by molar-refractivity contribution is 5.37. The van der Waals surface area contributed by atoms with E-state index >= 15 is 0 Å². The maximum atomic E-state index is 14.9. The van der Waals surface area contributed by atoms with E-state index in [1.54, 1.807) is 14.0 Å². The zero-order valence-electron chi connectivity index (χ0n) is 12.8. The summed E-state index contributed by atoms with van der Waals surface area (Å²) >= 11 is 0. The Labute approximate surface area is 121 Å². The lowest BCUT2D eigenvalue weighted by Gasteiger charge is -2.30. The second-order valence-corrected chi connectivity index (χ2v) is 6.26. The number of halogens is 1. The topological polar surface area (TPSA) is 21.3 Å². The fourth-order valence-electron chi connectivity index (χ4n) is 3.13. The van der Waals surface area contributed by atoms with Crippen molar-refractivity contribution in [3.63, 3.8) is 0 Å². The minimum absolute atomic E-state index is 0.314. The number of rotatable bonds is 5. The van der Waals surface area contributed by atoms with E-state index < -0.39 is 5.67 Å². The third-order valence-electron chi connectivity index (χ3n) is 4.08. The van der Waals surface area contributed by atoms with Crippen molar-refractivity contribution in [2.45, 2.75) is 57.7 Å². The molecular weight excluding hydrogens is 253 g/mol. The van der Waals surface area contributed by atoms with Gasteiger partial charge in [0.25, 0.3) is 0 Å². The predicted molar refractivity (Wildman–Crippen MR) is 81.2 cm³/mol. The molecule has 2 unspecified atom stereocenters. The highest BCUT2D eigenvalue weighted by Crippen LogP contribution is 2.30. The first-order chi connectivity index (χ1) is 9.50. The Morgan fingerprint density at radius 2 is 2.20 bits per heavy atom. The van der Waals surface area contributed by atoms with Crippen LogP contribution >= 0.6 is 0 Å².